The van der Waals surface area contributed by atoms with Crippen LogP contribution in [0, 0.1) is 0 Å². The third-order valence-corrected chi connectivity index (χ3v) is 5.05. The molecule has 9 nitrogen and oxygen atoms in total. The van der Waals surface area contributed by atoms with Crippen molar-refractivity contribution < 1.29 is 9.15 Å². The topological polar surface area (TPSA) is 85.3 Å². The number of ether oxygens (including phenoxy) is 1. The zero-order chi connectivity index (χ0) is 18.9. The average molecular weight is 379 g/mol. The molecule has 0 spiro atoms. The number of methoxy groups -OCH3 is 1. The molecule has 4 heterocycles. The summed E-state index contributed by atoms with van der Waals surface area (Å²) >= 11 is 0. The summed E-state index contributed by atoms with van der Waals surface area (Å²) in [5.41, 5.74) is 3.37. The van der Waals surface area contributed by atoms with Gasteiger partial charge in [-0.05, 0) is 12.1 Å². The van der Waals surface area contributed by atoms with Crippen molar-refractivity contribution in [1.82, 2.24) is 24.5 Å². The van der Waals surface area contributed by atoms with Gasteiger partial charge in [0.15, 0.2) is 22.6 Å². The van der Waals surface area contributed by atoms with E-state index >= 15 is 0 Å². The van der Waals surface area contributed by atoms with Crippen molar-refractivity contribution >= 4 is 34.1 Å². The predicted molar refractivity (Wildman–Crippen MR) is 106 cm³/mol. The molecule has 0 saturated carbocycles. The lowest BCUT2D eigenvalue weighted by molar-refractivity contribution is 0.188. The molecule has 1 aliphatic rings. The third-order valence-electron chi connectivity index (χ3n) is 5.05. The van der Waals surface area contributed by atoms with Crippen LogP contribution in [-0.4, -0.2) is 64.4 Å². The maximum Gasteiger partial charge on any atom is 0.298 e. The van der Waals surface area contributed by atoms with E-state index in [9.17, 15) is 0 Å². The van der Waals surface area contributed by atoms with Crippen LogP contribution in [0.2, 0.25) is 0 Å². The molecule has 3 aromatic heterocycles. The number of aromatic nitrogens is 5. The second-order valence-electron chi connectivity index (χ2n) is 6.74. The van der Waals surface area contributed by atoms with E-state index in [4.69, 9.17) is 9.15 Å². The predicted octanol–water partition coefficient (Wildman–Crippen LogP) is 1.94. The minimum Gasteiger partial charge on any atom is -0.423 e. The number of rotatable bonds is 5. The molecule has 0 aliphatic carbocycles. The van der Waals surface area contributed by atoms with Gasteiger partial charge in [-0.1, -0.05) is 12.1 Å². The molecule has 28 heavy (non-hydrogen) atoms. The highest BCUT2D eigenvalue weighted by atomic mass is 16.5. The van der Waals surface area contributed by atoms with E-state index in [1.165, 1.54) is 0 Å². The highest BCUT2D eigenvalue weighted by molar-refractivity contribution is 5.83. The first-order valence-corrected chi connectivity index (χ1v) is 9.34. The van der Waals surface area contributed by atoms with Gasteiger partial charge in [-0.25, -0.2) is 15.0 Å². The summed E-state index contributed by atoms with van der Waals surface area (Å²) < 4.78 is 13.1. The average Bonchev–Trinajstić information content (AvgIpc) is 3.36. The lowest BCUT2D eigenvalue weighted by Gasteiger charge is -2.34. The van der Waals surface area contributed by atoms with E-state index in [1.807, 2.05) is 28.8 Å². The van der Waals surface area contributed by atoms with Gasteiger partial charge in [0, 0.05) is 39.8 Å². The molecular formula is C19H21N7O2. The first-order chi connectivity index (χ1) is 13.8. The minimum absolute atomic E-state index is 0.619. The van der Waals surface area contributed by atoms with E-state index in [2.05, 4.69) is 29.7 Å². The highest BCUT2D eigenvalue weighted by Gasteiger charge is 2.24. The van der Waals surface area contributed by atoms with Crippen molar-refractivity contribution in [3.8, 4) is 0 Å². The van der Waals surface area contributed by atoms with Crippen molar-refractivity contribution in [3.63, 3.8) is 0 Å². The number of benzene rings is 1. The SMILES string of the molecule is COCCn1cnc2c(N3CCN(c4nc5ccccc5o4)CC3)ncnc21. The molecule has 5 rings (SSSR count). The zero-order valence-corrected chi connectivity index (χ0v) is 15.7. The van der Waals surface area contributed by atoms with Gasteiger partial charge in [0.2, 0.25) is 0 Å². The van der Waals surface area contributed by atoms with Gasteiger partial charge < -0.3 is 23.5 Å². The fourth-order valence-electron chi connectivity index (χ4n) is 3.56. The first-order valence-electron chi connectivity index (χ1n) is 9.34. The van der Waals surface area contributed by atoms with Gasteiger partial charge in [-0.3, -0.25) is 0 Å². The van der Waals surface area contributed by atoms with Gasteiger partial charge in [-0.2, -0.15) is 4.98 Å². The van der Waals surface area contributed by atoms with Gasteiger partial charge >= 0.3 is 0 Å². The number of piperazine rings is 1. The van der Waals surface area contributed by atoms with Crippen molar-refractivity contribution in [2.75, 3.05) is 49.7 Å². The van der Waals surface area contributed by atoms with Crippen molar-refractivity contribution in [2.45, 2.75) is 6.54 Å². The third kappa shape index (κ3) is 2.93. The second-order valence-corrected chi connectivity index (χ2v) is 6.74. The number of para-hydroxylation sites is 2. The van der Waals surface area contributed by atoms with Crippen LogP contribution in [0.3, 0.4) is 0 Å². The molecule has 0 unspecified atom stereocenters. The summed E-state index contributed by atoms with van der Waals surface area (Å²) in [6.45, 7) is 4.58. The number of fused-ring (bicyclic) bond motifs is 2. The monoisotopic (exact) mass is 379 g/mol. The molecule has 0 bridgehead atoms. The Morgan fingerprint density at radius 1 is 1.04 bits per heavy atom. The van der Waals surface area contributed by atoms with E-state index in [0.29, 0.717) is 12.6 Å². The Kier molecular flexibility index (Phi) is 4.28. The number of hydrogen-bond acceptors (Lipinski definition) is 8. The van der Waals surface area contributed by atoms with Crippen molar-refractivity contribution in [2.24, 2.45) is 0 Å². The number of anilines is 2. The van der Waals surface area contributed by atoms with Gasteiger partial charge in [0.1, 0.15) is 11.8 Å². The molecule has 9 heteroatoms. The summed E-state index contributed by atoms with van der Waals surface area (Å²) in [7, 11) is 1.69. The fourth-order valence-corrected chi connectivity index (χ4v) is 3.56. The summed E-state index contributed by atoms with van der Waals surface area (Å²) in [5, 5.41) is 0. The van der Waals surface area contributed by atoms with Crippen LogP contribution in [0.1, 0.15) is 0 Å². The van der Waals surface area contributed by atoms with Crippen LogP contribution >= 0.6 is 0 Å². The second kappa shape index (κ2) is 7.08. The molecular weight excluding hydrogens is 358 g/mol. The minimum atomic E-state index is 0.619. The lowest BCUT2D eigenvalue weighted by atomic mass is 10.3. The summed E-state index contributed by atoms with van der Waals surface area (Å²) in [6, 6.07) is 8.52. The van der Waals surface area contributed by atoms with Gasteiger partial charge in [0.25, 0.3) is 6.01 Å². The van der Waals surface area contributed by atoms with Crippen molar-refractivity contribution in [3.05, 3.63) is 36.9 Å². The maximum atomic E-state index is 5.90. The smallest absolute Gasteiger partial charge is 0.298 e. The van der Waals surface area contributed by atoms with E-state index in [1.54, 1.807) is 19.8 Å². The molecule has 0 amide bonds. The van der Waals surface area contributed by atoms with Crippen molar-refractivity contribution in [1.29, 1.82) is 0 Å². The molecule has 0 atom stereocenters. The Morgan fingerprint density at radius 3 is 2.68 bits per heavy atom. The van der Waals surface area contributed by atoms with E-state index < -0.39 is 0 Å². The summed E-state index contributed by atoms with van der Waals surface area (Å²) in [5.74, 6) is 0.874. The normalized spacial score (nSPS) is 15.0. The van der Waals surface area contributed by atoms with E-state index in [0.717, 1.165) is 60.8 Å². The molecule has 0 N–H and O–H groups in total. The molecule has 144 valence electrons. The number of hydrogen-bond donors (Lipinski definition) is 0. The van der Waals surface area contributed by atoms with Crippen LogP contribution < -0.4 is 9.80 Å². The van der Waals surface area contributed by atoms with Crippen LogP contribution in [0.5, 0.6) is 0 Å². The first kappa shape index (κ1) is 16.9. The van der Waals surface area contributed by atoms with E-state index in [-0.39, 0.29) is 0 Å². The van der Waals surface area contributed by atoms with Crippen LogP contribution in [0.4, 0.5) is 11.8 Å². The van der Waals surface area contributed by atoms with Crippen LogP contribution in [0.15, 0.2) is 41.3 Å². The van der Waals surface area contributed by atoms with Crippen LogP contribution in [0.25, 0.3) is 22.3 Å². The largest absolute Gasteiger partial charge is 0.423 e. The summed E-state index contributed by atoms with van der Waals surface area (Å²) in [4.78, 5) is 22.5. The van der Waals surface area contributed by atoms with Gasteiger partial charge in [-0.15, -0.1) is 0 Å². The Labute approximate surface area is 161 Å². The van der Waals surface area contributed by atoms with Crippen LogP contribution in [-0.2, 0) is 11.3 Å². The zero-order valence-electron chi connectivity index (χ0n) is 15.7. The van der Waals surface area contributed by atoms with Gasteiger partial charge in [0.05, 0.1) is 12.9 Å². The Morgan fingerprint density at radius 2 is 1.86 bits per heavy atom. The Balaban J connectivity index is 1.34. The number of nitrogens with zero attached hydrogens (tertiary/aromatic N) is 7. The Hall–Kier alpha value is -3.20. The fraction of sp³-hybridized carbons (Fsp3) is 0.368. The standard InChI is InChI=1S/C19H21N7O2/c1-27-11-10-26-13-22-16-17(20-12-21-18(16)26)24-6-8-25(9-7-24)19-23-14-4-2-3-5-15(14)28-19/h2-5,12-13H,6-11H2,1H3. The molecule has 1 aliphatic heterocycles. The molecule has 0 radical (unpaired) electrons. The molecule has 1 aromatic carbocycles. The Bertz CT molecular complexity index is 1070. The summed E-state index contributed by atoms with van der Waals surface area (Å²) in [6.07, 6.45) is 3.41. The quantitative estimate of drug-likeness (QED) is 0.520. The highest BCUT2D eigenvalue weighted by Crippen LogP contribution is 2.26. The number of imidazole rings is 1. The lowest BCUT2D eigenvalue weighted by Crippen LogP contribution is -2.47. The number of oxazole rings is 1. The molecule has 1 saturated heterocycles. The maximum absolute atomic E-state index is 5.90. The molecule has 1 fully saturated rings. The molecule has 4 aromatic rings.